The molecule has 0 saturated heterocycles. The standard InChI is InChI=1S/C23H16O6/c24-20-14-5-1-2-6-15(14)21(25)22(17-8-4-3-7-16(17)20)29-23(26)13-9-10-18-19(11-13)28-12-27-18/h1-11,21-22,25H,12H2/t21-,22-/m0/s1. The molecule has 0 amide bonds. The van der Waals surface area contributed by atoms with Crippen LogP contribution < -0.4 is 9.47 Å². The monoisotopic (exact) mass is 388 g/mol. The Balaban J connectivity index is 1.56. The Labute approximate surface area is 166 Å². The van der Waals surface area contributed by atoms with Crippen LogP contribution in [0.25, 0.3) is 0 Å². The van der Waals surface area contributed by atoms with E-state index in [1.807, 2.05) is 0 Å². The summed E-state index contributed by atoms with van der Waals surface area (Å²) in [4.78, 5) is 25.9. The number of rotatable bonds is 2. The number of carbonyl (C=O) groups excluding carboxylic acids is 2. The molecule has 2 aliphatic rings. The first-order valence-corrected chi connectivity index (χ1v) is 9.15. The van der Waals surface area contributed by atoms with Crippen LogP contribution in [-0.2, 0) is 4.74 Å². The Morgan fingerprint density at radius 1 is 0.897 bits per heavy atom. The average Bonchev–Trinajstić information content (AvgIpc) is 3.21. The van der Waals surface area contributed by atoms with Crippen molar-refractivity contribution in [2.45, 2.75) is 12.2 Å². The number of hydrogen-bond acceptors (Lipinski definition) is 6. The molecule has 0 unspecified atom stereocenters. The molecule has 3 aromatic carbocycles. The van der Waals surface area contributed by atoms with Gasteiger partial charge in [-0.1, -0.05) is 48.5 Å². The highest BCUT2D eigenvalue weighted by molar-refractivity contribution is 6.11. The molecule has 6 nitrogen and oxygen atoms in total. The fraction of sp³-hybridized carbons (Fsp3) is 0.130. The van der Waals surface area contributed by atoms with Crippen LogP contribution in [0.1, 0.15) is 49.6 Å². The van der Waals surface area contributed by atoms with Crippen molar-refractivity contribution >= 4 is 11.8 Å². The number of esters is 1. The van der Waals surface area contributed by atoms with Crippen molar-refractivity contribution in [1.29, 1.82) is 0 Å². The molecule has 6 heteroatoms. The number of carbonyl (C=O) groups is 2. The van der Waals surface area contributed by atoms with Crippen LogP contribution in [-0.4, -0.2) is 23.7 Å². The lowest BCUT2D eigenvalue weighted by Crippen LogP contribution is -2.19. The molecular weight excluding hydrogens is 372 g/mol. The van der Waals surface area contributed by atoms with Crippen LogP contribution in [0, 0.1) is 0 Å². The van der Waals surface area contributed by atoms with Gasteiger partial charge in [-0.2, -0.15) is 0 Å². The Bertz CT molecular complexity index is 1140. The summed E-state index contributed by atoms with van der Waals surface area (Å²) in [6.07, 6.45) is -2.21. The van der Waals surface area contributed by atoms with Gasteiger partial charge in [-0.3, -0.25) is 4.79 Å². The number of aliphatic hydroxyl groups is 1. The third kappa shape index (κ3) is 2.85. The topological polar surface area (TPSA) is 82.1 Å². The summed E-state index contributed by atoms with van der Waals surface area (Å²) in [5.74, 6) is 0.175. The van der Waals surface area contributed by atoms with Gasteiger partial charge in [0, 0.05) is 16.7 Å². The lowest BCUT2D eigenvalue weighted by Gasteiger charge is -2.23. The molecule has 1 heterocycles. The predicted molar refractivity (Wildman–Crippen MR) is 102 cm³/mol. The van der Waals surface area contributed by atoms with E-state index in [4.69, 9.17) is 14.2 Å². The number of ether oxygens (including phenoxy) is 3. The lowest BCUT2D eigenvalue weighted by molar-refractivity contribution is -0.0206. The second-order valence-electron chi connectivity index (χ2n) is 6.84. The van der Waals surface area contributed by atoms with Gasteiger partial charge in [0.05, 0.1) is 5.56 Å². The van der Waals surface area contributed by atoms with Gasteiger partial charge in [0.2, 0.25) is 6.79 Å². The highest BCUT2D eigenvalue weighted by atomic mass is 16.7. The largest absolute Gasteiger partial charge is 0.454 e. The first kappa shape index (κ1) is 17.5. The molecule has 29 heavy (non-hydrogen) atoms. The predicted octanol–water partition coefficient (Wildman–Crippen LogP) is 3.59. The molecule has 0 fully saturated rings. The molecule has 0 bridgehead atoms. The van der Waals surface area contributed by atoms with Crippen LogP contribution in [0.4, 0.5) is 0 Å². The normalized spacial score (nSPS) is 19.1. The smallest absolute Gasteiger partial charge is 0.338 e. The number of benzene rings is 3. The maximum atomic E-state index is 13.0. The minimum Gasteiger partial charge on any atom is -0.454 e. The molecule has 5 rings (SSSR count). The second-order valence-corrected chi connectivity index (χ2v) is 6.84. The first-order chi connectivity index (χ1) is 14.1. The minimum absolute atomic E-state index is 0.0987. The van der Waals surface area contributed by atoms with E-state index in [2.05, 4.69) is 0 Å². The van der Waals surface area contributed by atoms with Crippen molar-refractivity contribution < 1.29 is 28.9 Å². The Morgan fingerprint density at radius 3 is 2.34 bits per heavy atom. The molecule has 0 radical (unpaired) electrons. The molecule has 3 aromatic rings. The zero-order chi connectivity index (χ0) is 20.0. The molecule has 144 valence electrons. The third-order valence-corrected chi connectivity index (χ3v) is 5.17. The Morgan fingerprint density at radius 2 is 1.55 bits per heavy atom. The van der Waals surface area contributed by atoms with Gasteiger partial charge in [0.1, 0.15) is 6.10 Å². The van der Waals surface area contributed by atoms with E-state index in [9.17, 15) is 14.7 Å². The van der Waals surface area contributed by atoms with Gasteiger partial charge in [-0.25, -0.2) is 4.79 Å². The molecule has 1 N–H and O–H groups in total. The highest BCUT2D eigenvalue weighted by Crippen LogP contribution is 2.40. The van der Waals surface area contributed by atoms with E-state index in [1.54, 1.807) is 66.7 Å². The number of fused-ring (bicyclic) bond motifs is 3. The fourth-order valence-electron chi connectivity index (χ4n) is 3.73. The number of hydrogen-bond donors (Lipinski definition) is 1. The van der Waals surface area contributed by atoms with Gasteiger partial charge < -0.3 is 19.3 Å². The van der Waals surface area contributed by atoms with E-state index < -0.39 is 18.2 Å². The Hall–Kier alpha value is -3.64. The summed E-state index contributed by atoms with van der Waals surface area (Å²) in [5.41, 5.74) is 1.96. The summed E-state index contributed by atoms with van der Waals surface area (Å²) in [7, 11) is 0. The van der Waals surface area contributed by atoms with E-state index in [0.29, 0.717) is 33.8 Å². The summed E-state index contributed by atoms with van der Waals surface area (Å²) in [6.45, 7) is 0.0987. The molecule has 0 aromatic heterocycles. The van der Waals surface area contributed by atoms with Gasteiger partial charge in [0.25, 0.3) is 0 Å². The first-order valence-electron chi connectivity index (χ1n) is 9.15. The lowest BCUT2D eigenvalue weighted by atomic mass is 9.98. The number of ketones is 1. The summed E-state index contributed by atoms with van der Waals surface area (Å²) in [5, 5.41) is 11.0. The second kappa shape index (κ2) is 6.76. The van der Waals surface area contributed by atoms with Crippen molar-refractivity contribution in [3.63, 3.8) is 0 Å². The maximum absolute atomic E-state index is 13.0. The molecule has 1 aliphatic heterocycles. The molecule has 0 saturated carbocycles. The van der Waals surface area contributed by atoms with Crippen LogP contribution >= 0.6 is 0 Å². The average molecular weight is 388 g/mol. The van der Waals surface area contributed by atoms with E-state index in [0.717, 1.165) is 0 Å². The van der Waals surface area contributed by atoms with Crippen molar-refractivity contribution in [3.8, 4) is 11.5 Å². The SMILES string of the molecule is O=C(O[C@H]1c2ccccc2C(=O)c2ccccc2[C@@H]1O)c1ccc2c(c1)OCO2. The van der Waals surface area contributed by atoms with Gasteiger partial charge in [-0.05, 0) is 23.8 Å². The summed E-state index contributed by atoms with van der Waals surface area (Å²) >= 11 is 0. The van der Waals surface area contributed by atoms with E-state index in [1.165, 1.54) is 0 Å². The molecular formula is C23H16O6. The van der Waals surface area contributed by atoms with Crippen LogP contribution in [0.3, 0.4) is 0 Å². The zero-order valence-corrected chi connectivity index (χ0v) is 15.2. The van der Waals surface area contributed by atoms with Crippen molar-refractivity contribution in [2.24, 2.45) is 0 Å². The van der Waals surface area contributed by atoms with Crippen LogP contribution in [0.15, 0.2) is 66.7 Å². The number of aliphatic hydroxyl groups excluding tert-OH is 1. The van der Waals surface area contributed by atoms with Gasteiger partial charge in [0.15, 0.2) is 23.4 Å². The minimum atomic E-state index is -1.18. The van der Waals surface area contributed by atoms with Crippen LogP contribution in [0.2, 0.25) is 0 Å². The highest BCUT2D eigenvalue weighted by Gasteiger charge is 2.36. The molecule has 2 atom stereocenters. The van der Waals surface area contributed by atoms with Crippen molar-refractivity contribution in [2.75, 3.05) is 6.79 Å². The van der Waals surface area contributed by atoms with Gasteiger partial charge in [-0.15, -0.1) is 0 Å². The summed E-state index contributed by atoms with van der Waals surface area (Å²) < 4.78 is 16.3. The fourth-order valence-corrected chi connectivity index (χ4v) is 3.73. The van der Waals surface area contributed by atoms with Crippen molar-refractivity contribution in [1.82, 2.24) is 0 Å². The van der Waals surface area contributed by atoms with Crippen LogP contribution in [0.5, 0.6) is 11.5 Å². The van der Waals surface area contributed by atoms with E-state index >= 15 is 0 Å². The zero-order valence-electron chi connectivity index (χ0n) is 15.2. The maximum Gasteiger partial charge on any atom is 0.338 e. The Kier molecular flexibility index (Phi) is 4.07. The van der Waals surface area contributed by atoms with Crippen molar-refractivity contribution in [3.05, 3.63) is 94.5 Å². The van der Waals surface area contributed by atoms with Gasteiger partial charge >= 0.3 is 5.97 Å². The molecule has 1 aliphatic carbocycles. The quantitative estimate of drug-likeness (QED) is 0.676. The third-order valence-electron chi connectivity index (χ3n) is 5.17. The van der Waals surface area contributed by atoms with E-state index in [-0.39, 0.29) is 18.1 Å². The molecule has 0 spiro atoms. The summed E-state index contributed by atoms with van der Waals surface area (Å²) in [6, 6.07) is 18.4.